The van der Waals surface area contributed by atoms with Crippen molar-refractivity contribution < 1.29 is 4.74 Å². The fourth-order valence-electron chi connectivity index (χ4n) is 3.69. The highest BCUT2D eigenvalue weighted by Crippen LogP contribution is 2.45. The molecule has 1 fully saturated rings. The quantitative estimate of drug-likeness (QED) is 0.883. The zero-order valence-corrected chi connectivity index (χ0v) is 11.4. The zero-order valence-electron chi connectivity index (χ0n) is 11.4. The summed E-state index contributed by atoms with van der Waals surface area (Å²) in [6.45, 7) is 6.53. The molecule has 1 aromatic rings. The van der Waals surface area contributed by atoms with Gasteiger partial charge in [0, 0.05) is 12.5 Å². The van der Waals surface area contributed by atoms with Crippen molar-refractivity contribution in [3.8, 4) is 5.75 Å². The molecule has 18 heavy (non-hydrogen) atoms. The lowest BCUT2D eigenvalue weighted by Gasteiger charge is -2.23. The third kappa shape index (κ3) is 1.93. The van der Waals surface area contributed by atoms with Crippen molar-refractivity contribution in [1.82, 2.24) is 5.32 Å². The highest BCUT2D eigenvalue weighted by atomic mass is 16.5. The van der Waals surface area contributed by atoms with Gasteiger partial charge in [-0.2, -0.15) is 0 Å². The van der Waals surface area contributed by atoms with Gasteiger partial charge in [0.1, 0.15) is 5.75 Å². The van der Waals surface area contributed by atoms with Crippen LogP contribution in [0.4, 0.5) is 0 Å². The largest absolute Gasteiger partial charge is 0.493 e. The monoisotopic (exact) mass is 245 g/mol. The first kappa shape index (κ1) is 12.0. The molecular weight excluding hydrogens is 222 g/mol. The van der Waals surface area contributed by atoms with Crippen molar-refractivity contribution in [2.24, 2.45) is 5.92 Å². The van der Waals surface area contributed by atoms with Crippen molar-refractivity contribution in [3.63, 3.8) is 0 Å². The number of para-hydroxylation sites is 1. The van der Waals surface area contributed by atoms with Crippen molar-refractivity contribution in [3.05, 3.63) is 29.3 Å². The minimum Gasteiger partial charge on any atom is -0.493 e. The minimum absolute atomic E-state index is 0.669. The van der Waals surface area contributed by atoms with Gasteiger partial charge in [0.2, 0.25) is 0 Å². The zero-order chi connectivity index (χ0) is 12.5. The Labute approximate surface area is 110 Å². The molecule has 2 aliphatic rings. The molecule has 0 amide bonds. The highest BCUT2D eigenvalue weighted by Gasteiger charge is 2.35. The van der Waals surface area contributed by atoms with Gasteiger partial charge < -0.3 is 10.1 Å². The molecule has 3 unspecified atom stereocenters. The molecule has 98 valence electrons. The first-order valence-corrected chi connectivity index (χ1v) is 7.29. The SMILES string of the molecule is CCNC1CCC(c2cccc3c2OCC3)C1C. The average molecular weight is 245 g/mol. The maximum atomic E-state index is 5.87. The van der Waals surface area contributed by atoms with Crippen LogP contribution in [-0.4, -0.2) is 19.2 Å². The summed E-state index contributed by atoms with van der Waals surface area (Å²) >= 11 is 0. The first-order valence-electron chi connectivity index (χ1n) is 7.29. The molecule has 0 radical (unpaired) electrons. The number of hydrogen-bond acceptors (Lipinski definition) is 2. The van der Waals surface area contributed by atoms with Crippen LogP contribution in [0.2, 0.25) is 0 Å². The maximum absolute atomic E-state index is 5.87. The van der Waals surface area contributed by atoms with Gasteiger partial charge in [-0.15, -0.1) is 0 Å². The molecule has 1 aliphatic carbocycles. The summed E-state index contributed by atoms with van der Waals surface area (Å²) in [5.41, 5.74) is 2.87. The normalized spacial score (nSPS) is 30.2. The maximum Gasteiger partial charge on any atom is 0.126 e. The molecule has 0 saturated heterocycles. The molecule has 2 heteroatoms. The molecule has 1 heterocycles. The van der Waals surface area contributed by atoms with E-state index in [0.29, 0.717) is 17.9 Å². The molecule has 1 aromatic carbocycles. The van der Waals surface area contributed by atoms with Gasteiger partial charge in [0.25, 0.3) is 0 Å². The van der Waals surface area contributed by atoms with Gasteiger partial charge >= 0.3 is 0 Å². The summed E-state index contributed by atoms with van der Waals surface area (Å²) in [4.78, 5) is 0. The van der Waals surface area contributed by atoms with Crippen LogP contribution in [0.15, 0.2) is 18.2 Å². The van der Waals surface area contributed by atoms with Crippen molar-refractivity contribution in [2.75, 3.05) is 13.2 Å². The summed E-state index contributed by atoms with van der Waals surface area (Å²) < 4.78 is 5.87. The Morgan fingerprint density at radius 2 is 2.22 bits per heavy atom. The molecule has 2 nitrogen and oxygen atoms in total. The van der Waals surface area contributed by atoms with E-state index in [9.17, 15) is 0 Å². The van der Waals surface area contributed by atoms with E-state index in [4.69, 9.17) is 4.74 Å². The van der Waals surface area contributed by atoms with Crippen molar-refractivity contribution in [1.29, 1.82) is 0 Å². The summed E-state index contributed by atoms with van der Waals surface area (Å²) in [6, 6.07) is 7.38. The van der Waals surface area contributed by atoms with Gasteiger partial charge in [0.15, 0.2) is 0 Å². The number of nitrogens with one attached hydrogen (secondary N) is 1. The van der Waals surface area contributed by atoms with E-state index in [0.717, 1.165) is 19.6 Å². The molecule has 0 bridgehead atoms. The fourth-order valence-corrected chi connectivity index (χ4v) is 3.69. The molecule has 1 saturated carbocycles. The number of rotatable bonds is 3. The molecule has 1 N–H and O–H groups in total. The van der Waals surface area contributed by atoms with E-state index in [1.807, 2.05) is 0 Å². The number of hydrogen-bond donors (Lipinski definition) is 1. The Bertz CT molecular complexity index is 429. The van der Waals surface area contributed by atoms with Crippen LogP contribution in [0.1, 0.15) is 43.7 Å². The van der Waals surface area contributed by atoms with Crippen LogP contribution >= 0.6 is 0 Å². The van der Waals surface area contributed by atoms with Crippen LogP contribution < -0.4 is 10.1 Å². The van der Waals surface area contributed by atoms with E-state index in [1.165, 1.54) is 29.7 Å². The lowest BCUT2D eigenvalue weighted by Crippen LogP contribution is -2.32. The molecule has 3 atom stereocenters. The summed E-state index contributed by atoms with van der Waals surface area (Å²) in [6.07, 6.45) is 3.67. The van der Waals surface area contributed by atoms with Crippen molar-refractivity contribution >= 4 is 0 Å². The summed E-state index contributed by atoms with van der Waals surface area (Å²) in [5.74, 6) is 2.58. The van der Waals surface area contributed by atoms with Crippen LogP contribution in [0, 0.1) is 5.92 Å². The van der Waals surface area contributed by atoms with Crippen LogP contribution in [0.3, 0.4) is 0 Å². The lowest BCUT2D eigenvalue weighted by molar-refractivity contribution is 0.344. The Morgan fingerprint density at radius 1 is 1.33 bits per heavy atom. The predicted octanol–water partition coefficient (Wildman–Crippen LogP) is 3.11. The minimum atomic E-state index is 0.669. The second-order valence-electron chi connectivity index (χ2n) is 5.64. The summed E-state index contributed by atoms with van der Waals surface area (Å²) in [7, 11) is 0. The van der Waals surface area contributed by atoms with Gasteiger partial charge in [-0.1, -0.05) is 32.0 Å². The second kappa shape index (κ2) is 4.93. The van der Waals surface area contributed by atoms with Crippen molar-refractivity contribution in [2.45, 2.75) is 45.1 Å². The average Bonchev–Trinajstić information content (AvgIpc) is 2.98. The van der Waals surface area contributed by atoms with E-state index in [-0.39, 0.29) is 0 Å². The van der Waals surface area contributed by atoms with Gasteiger partial charge in [0.05, 0.1) is 6.61 Å². The molecule has 3 rings (SSSR count). The second-order valence-corrected chi connectivity index (χ2v) is 5.64. The topological polar surface area (TPSA) is 21.3 Å². The number of fused-ring (bicyclic) bond motifs is 1. The Hall–Kier alpha value is -1.02. The first-order chi connectivity index (χ1) is 8.81. The molecular formula is C16H23NO. The Morgan fingerprint density at radius 3 is 3.06 bits per heavy atom. The number of benzene rings is 1. The summed E-state index contributed by atoms with van der Waals surface area (Å²) in [5, 5.41) is 3.62. The van der Waals surface area contributed by atoms with Crippen LogP contribution in [-0.2, 0) is 6.42 Å². The Balaban J connectivity index is 1.86. The van der Waals surface area contributed by atoms with E-state index in [2.05, 4.69) is 37.4 Å². The van der Waals surface area contributed by atoms with Gasteiger partial charge in [-0.3, -0.25) is 0 Å². The van der Waals surface area contributed by atoms with Crippen LogP contribution in [0.5, 0.6) is 5.75 Å². The predicted molar refractivity (Wildman–Crippen MR) is 74.2 cm³/mol. The van der Waals surface area contributed by atoms with Gasteiger partial charge in [-0.25, -0.2) is 0 Å². The lowest BCUT2D eigenvalue weighted by atomic mass is 9.87. The van der Waals surface area contributed by atoms with Gasteiger partial charge in [-0.05, 0) is 42.3 Å². The third-order valence-corrected chi connectivity index (χ3v) is 4.67. The van der Waals surface area contributed by atoms with E-state index in [1.54, 1.807) is 0 Å². The standard InChI is InChI=1S/C16H23NO/c1-3-17-15-8-7-13(11(15)2)14-6-4-5-12-9-10-18-16(12)14/h4-6,11,13,15,17H,3,7-10H2,1-2H3. The third-order valence-electron chi connectivity index (χ3n) is 4.67. The highest BCUT2D eigenvalue weighted by molar-refractivity contribution is 5.46. The Kier molecular flexibility index (Phi) is 3.29. The smallest absolute Gasteiger partial charge is 0.126 e. The fraction of sp³-hybridized carbons (Fsp3) is 0.625. The number of ether oxygens (including phenoxy) is 1. The molecule has 0 aromatic heterocycles. The van der Waals surface area contributed by atoms with Crippen LogP contribution in [0.25, 0.3) is 0 Å². The van der Waals surface area contributed by atoms with E-state index < -0.39 is 0 Å². The molecule has 1 aliphatic heterocycles. The van der Waals surface area contributed by atoms with E-state index >= 15 is 0 Å². The molecule has 0 spiro atoms.